The number of aliphatic carboxylic acids is 2. The fourth-order valence-electron chi connectivity index (χ4n) is 0.436. The number of carbonyl (C=O) groups is 2. The summed E-state index contributed by atoms with van der Waals surface area (Å²) >= 11 is 0. The van der Waals surface area contributed by atoms with Crippen molar-refractivity contribution in [3.63, 3.8) is 0 Å². The van der Waals surface area contributed by atoms with Crippen LogP contribution in [0.15, 0.2) is 0 Å². The van der Waals surface area contributed by atoms with Crippen LogP contribution in [0.1, 0.15) is 33.6 Å². The molecule has 0 aromatic heterocycles. The van der Waals surface area contributed by atoms with Gasteiger partial charge in [-0.05, 0) is 13.8 Å². The Morgan fingerprint density at radius 3 is 1.64 bits per heavy atom. The largest absolute Gasteiger partial charge is 0.481 e. The van der Waals surface area contributed by atoms with Gasteiger partial charge in [-0.15, -0.1) is 0 Å². The van der Waals surface area contributed by atoms with Gasteiger partial charge >= 0.3 is 11.9 Å². The summed E-state index contributed by atoms with van der Waals surface area (Å²) in [7, 11) is 1.50. The average Bonchev–Trinajstić information content (AvgIpc) is 2.03. The van der Waals surface area contributed by atoms with Gasteiger partial charge in [-0.25, -0.2) is 0 Å². The topological polar surface area (TPSA) is 83.8 Å². The van der Waals surface area contributed by atoms with E-state index < -0.39 is 17.5 Å². The SMILES string of the molecule is CCC(=O)O.COC(C)(C)CC(=O)O. The molecule has 5 nitrogen and oxygen atoms in total. The van der Waals surface area contributed by atoms with Crippen molar-refractivity contribution in [3.05, 3.63) is 0 Å². The maximum absolute atomic E-state index is 10.1. The molecule has 0 fully saturated rings. The molecule has 0 heterocycles. The van der Waals surface area contributed by atoms with Gasteiger partial charge in [-0.1, -0.05) is 6.92 Å². The molecule has 0 atom stereocenters. The number of rotatable bonds is 4. The third kappa shape index (κ3) is 13.5. The molecule has 2 N–H and O–H groups in total. The molecule has 0 unspecified atom stereocenters. The zero-order valence-electron chi connectivity index (χ0n) is 9.03. The summed E-state index contributed by atoms with van der Waals surface area (Å²) in [6, 6.07) is 0. The molecular weight excluding hydrogens is 188 g/mol. The Balaban J connectivity index is 0. The van der Waals surface area contributed by atoms with Crippen molar-refractivity contribution < 1.29 is 24.5 Å². The average molecular weight is 206 g/mol. The highest BCUT2D eigenvalue weighted by atomic mass is 16.5. The van der Waals surface area contributed by atoms with Crippen LogP contribution in [0.4, 0.5) is 0 Å². The fraction of sp³-hybridized carbons (Fsp3) is 0.778. The minimum atomic E-state index is -0.832. The van der Waals surface area contributed by atoms with Crippen LogP contribution >= 0.6 is 0 Å². The second-order valence-corrected chi connectivity index (χ2v) is 3.28. The molecule has 0 aromatic carbocycles. The van der Waals surface area contributed by atoms with Crippen LogP contribution in [-0.2, 0) is 14.3 Å². The van der Waals surface area contributed by atoms with Gasteiger partial charge in [0.05, 0.1) is 12.0 Å². The minimum absolute atomic E-state index is 0.0451. The van der Waals surface area contributed by atoms with Crippen molar-refractivity contribution in [2.75, 3.05) is 7.11 Å². The van der Waals surface area contributed by atoms with Gasteiger partial charge in [-0.3, -0.25) is 9.59 Å². The molecule has 14 heavy (non-hydrogen) atoms. The summed E-state index contributed by atoms with van der Waals surface area (Å²) in [5.74, 6) is -1.58. The lowest BCUT2D eigenvalue weighted by atomic mass is 10.1. The van der Waals surface area contributed by atoms with Crippen molar-refractivity contribution in [1.29, 1.82) is 0 Å². The van der Waals surface area contributed by atoms with Gasteiger partial charge in [0.25, 0.3) is 0 Å². The van der Waals surface area contributed by atoms with Crippen LogP contribution in [0.3, 0.4) is 0 Å². The maximum Gasteiger partial charge on any atom is 0.306 e. The summed E-state index contributed by atoms with van der Waals surface area (Å²) < 4.78 is 4.87. The van der Waals surface area contributed by atoms with E-state index in [1.54, 1.807) is 20.8 Å². The summed E-state index contributed by atoms with van der Waals surface area (Å²) in [5.41, 5.74) is -0.536. The summed E-state index contributed by atoms with van der Waals surface area (Å²) in [5, 5.41) is 16.0. The smallest absolute Gasteiger partial charge is 0.306 e. The quantitative estimate of drug-likeness (QED) is 0.725. The molecule has 0 bridgehead atoms. The highest BCUT2D eigenvalue weighted by molar-refractivity contribution is 5.67. The molecule has 0 radical (unpaired) electrons. The Kier molecular flexibility index (Phi) is 8.04. The van der Waals surface area contributed by atoms with Crippen LogP contribution in [0, 0.1) is 0 Å². The molecule has 0 saturated heterocycles. The van der Waals surface area contributed by atoms with Gasteiger partial charge < -0.3 is 14.9 Å². The first-order valence-corrected chi connectivity index (χ1v) is 4.24. The summed E-state index contributed by atoms with van der Waals surface area (Å²) in [4.78, 5) is 19.5. The number of ether oxygens (including phenoxy) is 1. The summed E-state index contributed by atoms with van der Waals surface area (Å²) in [6.07, 6.45) is 0.267. The summed E-state index contributed by atoms with van der Waals surface area (Å²) in [6.45, 7) is 5.07. The highest BCUT2D eigenvalue weighted by Gasteiger charge is 2.19. The van der Waals surface area contributed by atoms with E-state index in [0.29, 0.717) is 0 Å². The van der Waals surface area contributed by atoms with Crippen LogP contribution in [-0.4, -0.2) is 34.9 Å². The lowest BCUT2D eigenvalue weighted by molar-refractivity contribution is -0.142. The van der Waals surface area contributed by atoms with Crippen LogP contribution in [0.25, 0.3) is 0 Å². The van der Waals surface area contributed by atoms with E-state index in [0.717, 1.165) is 0 Å². The fourth-order valence-corrected chi connectivity index (χ4v) is 0.436. The Bertz CT molecular complexity index is 186. The van der Waals surface area contributed by atoms with E-state index in [1.807, 2.05) is 0 Å². The van der Waals surface area contributed by atoms with Crippen molar-refractivity contribution in [1.82, 2.24) is 0 Å². The van der Waals surface area contributed by atoms with E-state index in [2.05, 4.69) is 0 Å². The van der Waals surface area contributed by atoms with Crippen molar-refractivity contribution >= 4 is 11.9 Å². The predicted molar refractivity (Wildman–Crippen MR) is 51.3 cm³/mol. The monoisotopic (exact) mass is 206 g/mol. The Hall–Kier alpha value is -1.10. The molecule has 0 spiro atoms. The second-order valence-electron chi connectivity index (χ2n) is 3.28. The molecule has 84 valence electrons. The Morgan fingerprint density at radius 1 is 1.21 bits per heavy atom. The molecule has 0 amide bonds. The first kappa shape index (κ1) is 15.4. The first-order chi connectivity index (χ1) is 6.25. The van der Waals surface area contributed by atoms with Crippen LogP contribution in [0.2, 0.25) is 0 Å². The Morgan fingerprint density at radius 2 is 1.57 bits per heavy atom. The third-order valence-corrected chi connectivity index (χ3v) is 1.43. The van der Waals surface area contributed by atoms with E-state index in [-0.39, 0.29) is 12.8 Å². The van der Waals surface area contributed by atoms with E-state index in [9.17, 15) is 9.59 Å². The number of hydrogen-bond donors (Lipinski definition) is 2. The normalized spacial score (nSPS) is 10.0. The molecule has 0 rings (SSSR count). The van der Waals surface area contributed by atoms with Crippen LogP contribution < -0.4 is 0 Å². The molecule has 5 heteroatoms. The molecular formula is C9H18O5. The molecule has 0 aliphatic carbocycles. The molecule has 0 aliphatic heterocycles. The van der Waals surface area contributed by atoms with Gasteiger partial charge in [0.1, 0.15) is 0 Å². The zero-order chi connectivity index (χ0) is 11.8. The number of methoxy groups -OCH3 is 1. The number of carboxylic acid groups (broad SMARTS) is 2. The molecule has 0 aromatic rings. The lowest BCUT2D eigenvalue weighted by Gasteiger charge is -2.19. The second kappa shape index (κ2) is 7.32. The molecule has 0 aliphatic rings. The predicted octanol–water partition coefficient (Wildman–Crippen LogP) is 1.37. The van der Waals surface area contributed by atoms with Crippen molar-refractivity contribution in [3.8, 4) is 0 Å². The Labute approximate surface area is 83.7 Å². The number of hydrogen-bond acceptors (Lipinski definition) is 3. The van der Waals surface area contributed by atoms with E-state index >= 15 is 0 Å². The van der Waals surface area contributed by atoms with Gasteiger partial charge in [-0.2, -0.15) is 0 Å². The van der Waals surface area contributed by atoms with E-state index in [1.165, 1.54) is 7.11 Å². The van der Waals surface area contributed by atoms with Gasteiger partial charge in [0.15, 0.2) is 0 Å². The van der Waals surface area contributed by atoms with Gasteiger partial charge in [0, 0.05) is 13.5 Å². The maximum atomic E-state index is 10.1. The van der Waals surface area contributed by atoms with Crippen molar-refractivity contribution in [2.45, 2.75) is 39.2 Å². The van der Waals surface area contributed by atoms with Crippen LogP contribution in [0.5, 0.6) is 0 Å². The molecule has 0 saturated carbocycles. The lowest BCUT2D eigenvalue weighted by Crippen LogP contribution is -2.25. The minimum Gasteiger partial charge on any atom is -0.481 e. The number of carboxylic acids is 2. The standard InChI is InChI=1S/C6H12O3.C3H6O2/c1-6(2,9-3)4-5(7)8;1-2-3(4)5/h4H2,1-3H3,(H,7,8);2H2,1H3,(H,4,5). The highest BCUT2D eigenvalue weighted by Crippen LogP contribution is 2.11. The first-order valence-electron chi connectivity index (χ1n) is 4.24. The van der Waals surface area contributed by atoms with Gasteiger partial charge in [0.2, 0.25) is 0 Å². The van der Waals surface area contributed by atoms with E-state index in [4.69, 9.17) is 14.9 Å². The third-order valence-electron chi connectivity index (χ3n) is 1.43. The van der Waals surface area contributed by atoms with Crippen molar-refractivity contribution in [2.24, 2.45) is 0 Å². The zero-order valence-corrected chi connectivity index (χ0v) is 9.03.